The van der Waals surface area contributed by atoms with E-state index in [-0.39, 0.29) is 23.2 Å². The number of alkyl halides is 1. The van der Waals surface area contributed by atoms with Gasteiger partial charge in [-0.1, -0.05) is 28.1 Å². The minimum atomic E-state index is -0.256. The van der Waals surface area contributed by atoms with Crippen LogP contribution in [0.1, 0.15) is 16.0 Å². The molecule has 0 radical (unpaired) electrons. The first kappa shape index (κ1) is 14.8. The molecule has 0 saturated heterocycles. The summed E-state index contributed by atoms with van der Waals surface area (Å²) in [6.45, 7) is 0.0416. The lowest BCUT2D eigenvalue weighted by Gasteiger charge is -2.20. The fourth-order valence-electron chi connectivity index (χ4n) is 2.14. The van der Waals surface area contributed by atoms with Gasteiger partial charge in [-0.3, -0.25) is 4.79 Å². The highest BCUT2D eigenvalue weighted by molar-refractivity contribution is 14.1. The van der Waals surface area contributed by atoms with Crippen molar-refractivity contribution in [2.24, 2.45) is 0 Å². The molecule has 0 spiro atoms. The van der Waals surface area contributed by atoms with E-state index in [0.717, 1.165) is 14.7 Å². The summed E-state index contributed by atoms with van der Waals surface area (Å²) in [5, 5.41) is 2.78. The van der Waals surface area contributed by atoms with Gasteiger partial charge in [0.25, 0.3) is 5.91 Å². The molecule has 1 unspecified atom stereocenters. The van der Waals surface area contributed by atoms with Crippen LogP contribution in [0.15, 0.2) is 36.4 Å². The quantitative estimate of drug-likeness (QED) is 0.536. The maximum absolute atomic E-state index is 13.2. The third kappa shape index (κ3) is 3.06. The molecular formula is C15H10BrFINO2. The molecule has 0 aliphatic carbocycles. The number of fused-ring (bicyclic) bond motifs is 1. The number of carbonyl (C=O) groups is 1. The largest absolute Gasteiger partial charge is 0.482 e. The third-order valence-corrected chi connectivity index (χ3v) is 5.12. The standard InChI is InChI=1S/C15H10BrFINO2/c16-15(10-3-2-9(17)6-11(10)18)8-1-4-13-12(5-8)19-14(20)7-21-13/h1-6,15H,7H2,(H,19,20). The van der Waals surface area contributed by atoms with Gasteiger partial charge in [-0.05, 0) is 58.0 Å². The van der Waals surface area contributed by atoms with E-state index in [1.807, 2.05) is 18.2 Å². The van der Waals surface area contributed by atoms with Gasteiger partial charge in [-0.15, -0.1) is 0 Å². The van der Waals surface area contributed by atoms with Gasteiger partial charge in [0, 0.05) is 3.57 Å². The molecule has 1 atom stereocenters. The van der Waals surface area contributed by atoms with Crippen LogP contribution < -0.4 is 10.1 Å². The van der Waals surface area contributed by atoms with Gasteiger partial charge in [0.2, 0.25) is 0 Å². The first-order valence-electron chi connectivity index (χ1n) is 6.20. The minimum absolute atomic E-state index is 0.0416. The number of amides is 1. The molecule has 1 aliphatic heterocycles. The van der Waals surface area contributed by atoms with Crippen LogP contribution in [-0.2, 0) is 4.79 Å². The van der Waals surface area contributed by atoms with Gasteiger partial charge in [0.1, 0.15) is 11.6 Å². The predicted octanol–water partition coefficient (Wildman–Crippen LogP) is 4.25. The van der Waals surface area contributed by atoms with Gasteiger partial charge in [0.05, 0.1) is 10.5 Å². The van der Waals surface area contributed by atoms with Crippen molar-refractivity contribution in [3.63, 3.8) is 0 Å². The third-order valence-electron chi connectivity index (χ3n) is 3.16. The molecule has 2 aromatic rings. The Morgan fingerprint density at radius 2 is 2.10 bits per heavy atom. The molecular weight excluding hydrogens is 452 g/mol. The Balaban J connectivity index is 1.96. The molecule has 2 aromatic carbocycles. The lowest BCUT2D eigenvalue weighted by Crippen LogP contribution is -2.25. The molecule has 1 amide bonds. The highest BCUT2D eigenvalue weighted by atomic mass is 127. The summed E-state index contributed by atoms with van der Waals surface area (Å²) in [4.78, 5) is 11.3. The number of halogens is 3. The second-order valence-corrected chi connectivity index (χ2v) is 6.70. The zero-order valence-electron chi connectivity index (χ0n) is 10.7. The number of benzene rings is 2. The summed E-state index contributed by atoms with van der Waals surface area (Å²) in [5.41, 5.74) is 2.59. The van der Waals surface area contributed by atoms with Gasteiger partial charge in [0.15, 0.2) is 6.61 Å². The van der Waals surface area contributed by atoms with E-state index in [2.05, 4.69) is 43.8 Å². The molecule has 0 fully saturated rings. The van der Waals surface area contributed by atoms with Crippen LogP contribution in [0.4, 0.5) is 10.1 Å². The lowest BCUT2D eigenvalue weighted by molar-refractivity contribution is -0.118. The fraction of sp³-hybridized carbons (Fsp3) is 0.133. The van der Waals surface area contributed by atoms with Crippen molar-refractivity contribution in [2.75, 3.05) is 11.9 Å². The van der Waals surface area contributed by atoms with E-state index < -0.39 is 0 Å². The van der Waals surface area contributed by atoms with E-state index in [1.54, 1.807) is 6.07 Å². The molecule has 0 saturated carbocycles. The SMILES string of the molecule is O=C1COc2ccc(C(Br)c3ccc(F)cc3I)cc2N1. The molecule has 0 aromatic heterocycles. The summed E-state index contributed by atoms with van der Waals surface area (Å²) in [7, 11) is 0. The fourth-order valence-corrected chi connectivity index (χ4v) is 4.05. The van der Waals surface area contributed by atoms with Crippen LogP contribution in [0.2, 0.25) is 0 Å². The highest BCUT2D eigenvalue weighted by Crippen LogP contribution is 2.38. The van der Waals surface area contributed by atoms with Crippen LogP contribution >= 0.6 is 38.5 Å². The van der Waals surface area contributed by atoms with Crippen molar-refractivity contribution >= 4 is 50.1 Å². The zero-order valence-corrected chi connectivity index (χ0v) is 14.4. The molecule has 1 heterocycles. The second kappa shape index (κ2) is 5.92. The van der Waals surface area contributed by atoms with Gasteiger partial charge in [-0.25, -0.2) is 4.39 Å². The number of ether oxygens (including phenoxy) is 1. The topological polar surface area (TPSA) is 38.3 Å². The summed E-state index contributed by atoms with van der Waals surface area (Å²) in [6.07, 6.45) is 0. The molecule has 6 heteroatoms. The van der Waals surface area contributed by atoms with Crippen LogP contribution in [0, 0.1) is 9.39 Å². The van der Waals surface area contributed by atoms with Crippen molar-refractivity contribution in [3.05, 3.63) is 56.9 Å². The minimum Gasteiger partial charge on any atom is -0.482 e. The Hall–Kier alpha value is -1.15. The predicted molar refractivity (Wildman–Crippen MR) is 90.5 cm³/mol. The van der Waals surface area contributed by atoms with Crippen molar-refractivity contribution in [3.8, 4) is 5.75 Å². The van der Waals surface area contributed by atoms with E-state index in [1.165, 1.54) is 12.1 Å². The number of nitrogens with one attached hydrogen (secondary N) is 1. The number of anilines is 1. The summed E-state index contributed by atoms with van der Waals surface area (Å²) >= 11 is 5.74. The second-order valence-electron chi connectivity index (χ2n) is 4.62. The van der Waals surface area contributed by atoms with Crippen molar-refractivity contribution in [1.29, 1.82) is 0 Å². The summed E-state index contributed by atoms with van der Waals surface area (Å²) < 4.78 is 19.4. The Labute approximate surface area is 143 Å². The average molecular weight is 462 g/mol. The Kier molecular flexibility index (Phi) is 4.17. The van der Waals surface area contributed by atoms with Crippen LogP contribution in [-0.4, -0.2) is 12.5 Å². The molecule has 0 bridgehead atoms. The number of rotatable bonds is 2. The summed E-state index contributed by atoms with van der Waals surface area (Å²) in [5.74, 6) is 0.239. The molecule has 21 heavy (non-hydrogen) atoms. The molecule has 3 rings (SSSR count). The number of hydrogen-bond donors (Lipinski definition) is 1. The van der Waals surface area contributed by atoms with Crippen molar-refractivity contribution in [2.45, 2.75) is 4.83 Å². The van der Waals surface area contributed by atoms with Gasteiger partial charge in [-0.2, -0.15) is 0 Å². The summed E-state index contributed by atoms with van der Waals surface area (Å²) in [6, 6.07) is 10.3. The van der Waals surface area contributed by atoms with Gasteiger partial charge >= 0.3 is 0 Å². The lowest BCUT2D eigenvalue weighted by atomic mass is 10.0. The first-order valence-corrected chi connectivity index (χ1v) is 8.19. The van der Waals surface area contributed by atoms with Crippen LogP contribution in [0.25, 0.3) is 0 Å². The van der Waals surface area contributed by atoms with Crippen molar-refractivity contribution < 1.29 is 13.9 Å². The smallest absolute Gasteiger partial charge is 0.262 e. The molecule has 1 N–H and O–H groups in total. The van der Waals surface area contributed by atoms with Gasteiger partial charge < -0.3 is 10.1 Å². The normalized spacial score (nSPS) is 14.9. The number of hydrogen-bond acceptors (Lipinski definition) is 2. The maximum Gasteiger partial charge on any atom is 0.262 e. The molecule has 1 aliphatic rings. The zero-order chi connectivity index (χ0) is 15.0. The van der Waals surface area contributed by atoms with E-state index in [0.29, 0.717) is 11.4 Å². The van der Waals surface area contributed by atoms with E-state index >= 15 is 0 Å². The molecule has 108 valence electrons. The molecule has 3 nitrogen and oxygen atoms in total. The average Bonchev–Trinajstić information content (AvgIpc) is 2.46. The monoisotopic (exact) mass is 461 g/mol. The van der Waals surface area contributed by atoms with Crippen molar-refractivity contribution in [1.82, 2.24) is 0 Å². The Bertz CT molecular complexity index is 723. The van der Waals surface area contributed by atoms with E-state index in [9.17, 15) is 9.18 Å². The Morgan fingerprint density at radius 3 is 2.86 bits per heavy atom. The van der Waals surface area contributed by atoms with Crippen LogP contribution in [0.3, 0.4) is 0 Å². The first-order chi connectivity index (χ1) is 10.0. The maximum atomic E-state index is 13.2. The Morgan fingerprint density at radius 1 is 1.29 bits per heavy atom. The highest BCUT2D eigenvalue weighted by Gasteiger charge is 2.19. The van der Waals surface area contributed by atoms with Crippen LogP contribution in [0.5, 0.6) is 5.75 Å². The number of carbonyl (C=O) groups excluding carboxylic acids is 1. The van der Waals surface area contributed by atoms with E-state index in [4.69, 9.17) is 4.74 Å².